The Labute approximate surface area is 154 Å². The summed E-state index contributed by atoms with van der Waals surface area (Å²) in [6.07, 6.45) is 4.07. The molecule has 0 saturated heterocycles. The third kappa shape index (κ3) is 4.33. The van der Waals surface area contributed by atoms with Gasteiger partial charge in [-0.1, -0.05) is 6.92 Å². The molecule has 0 aliphatic heterocycles. The second-order valence-electron chi connectivity index (χ2n) is 6.00. The number of anilines is 3. The first kappa shape index (κ1) is 18.6. The monoisotopic (exact) mass is 373 g/mol. The Hall–Kier alpha value is -3.16. The Balaban J connectivity index is 2.04. The highest BCUT2D eigenvalue weighted by molar-refractivity contribution is 5.67. The zero-order valence-corrected chi connectivity index (χ0v) is 14.8. The van der Waals surface area contributed by atoms with Crippen molar-refractivity contribution in [1.29, 1.82) is 0 Å². The highest BCUT2D eigenvalue weighted by Gasteiger charge is 2.16. The van der Waals surface area contributed by atoms with Gasteiger partial charge in [-0.2, -0.15) is 4.98 Å². The molecular weight excluding hydrogens is 355 g/mol. The molecule has 5 nitrogen and oxygen atoms in total. The number of halogens is 3. The smallest absolute Gasteiger partial charge is 0.225 e. The number of benzene rings is 1. The van der Waals surface area contributed by atoms with E-state index in [1.807, 2.05) is 13.8 Å². The fourth-order valence-corrected chi connectivity index (χ4v) is 2.33. The molecule has 3 aromatic rings. The summed E-state index contributed by atoms with van der Waals surface area (Å²) in [7, 11) is 0. The molecule has 2 heterocycles. The second-order valence-corrected chi connectivity index (χ2v) is 6.00. The number of hydrogen-bond donors (Lipinski definition) is 2. The van der Waals surface area contributed by atoms with Gasteiger partial charge in [-0.25, -0.2) is 18.2 Å². The maximum atomic E-state index is 14.0. The van der Waals surface area contributed by atoms with Crippen molar-refractivity contribution >= 4 is 17.5 Å². The molecular formula is C19H18F3N5. The first-order valence-electron chi connectivity index (χ1n) is 8.44. The molecule has 0 amide bonds. The Morgan fingerprint density at radius 3 is 2.56 bits per heavy atom. The molecule has 1 atom stereocenters. The lowest BCUT2D eigenvalue weighted by Gasteiger charge is -2.15. The largest absolute Gasteiger partial charge is 0.352 e. The van der Waals surface area contributed by atoms with E-state index in [1.54, 1.807) is 24.5 Å². The van der Waals surface area contributed by atoms with E-state index in [4.69, 9.17) is 0 Å². The molecule has 0 saturated carbocycles. The van der Waals surface area contributed by atoms with Gasteiger partial charge in [-0.05, 0) is 37.6 Å². The molecule has 27 heavy (non-hydrogen) atoms. The van der Waals surface area contributed by atoms with Gasteiger partial charge >= 0.3 is 0 Å². The van der Waals surface area contributed by atoms with Crippen LogP contribution in [0.5, 0.6) is 0 Å². The van der Waals surface area contributed by atoms with Crippen LogP contribution in [-0.4, -0.2) is 21.0 Å². The summed E-state index contributed by atoms with van der Waals surface area (Å²) in [5, 5.41) is 5.65. The number of nitrogens with zero attached hydrogens (tertiary/aromatic N) is 3. The van der Waals surface area contributed by atoms with Crippen molar-refractivity contribution in [3.05, 3.63) is 60.2 Å². The normalized spacial score (nSPS) is 11.9. The number of nitrogens with one attached hydrogen (secondary N) is 2. The van der Waals surface area contributed by atoms with Gasteiger partial charge in [0.25, 0.3) is 0 Å². The third-order valence-corrected chi connectivity index (χ3v) is 3.97. The van der Waals surface area contributed by atoms with Gasteiger partial charge in [-0.3, -0.25) is 4.98 Å². The van der Waals surface area contributed by atoms with Crippen molar-refractivity contribution in [2.45, 2.75) is 26.3 Å². The zero-order chi connectivity index (χ0) is 19.4. The minimum atomic E-state index is -1.31. The van der Waals surface area contributed by atoms with Gasteiger partial charge in [0, 0.05) is 30.1 Å². The predicted octanol–water partition coefficient (Wildman–Crippen LogP) is 4.91. The average Bonchev–Trinajstić information content (AvgIpc) is 2.68. The molecule has 0 aliphatic rings. The number of rotatable bonds is 6. The minimum Gasteiger partial charge on any atom is -0.352 e. The fraction of sp³-hybridized carbons (Fsp3) is 0.211. The van der Waals surface area contributed by atoms with Crippen molar-refractivity contribution < 1.29 is 13.2 Å². The SMILES string of the molecule is CC[C@H](C)Nc1nc(Nc2c(F)ccc(F)c2F)cc(-c2cccnc2)n1. The van der Waals surface area contributed by atoms with Gasteiger partial charge in [0.05, 0.1) is 5.69 Å². The maximum absolute atomic E-state index is 14.0. The Bertz CT molecular complexity index is 934. The predicted molar refractivity (Wildman–Crippen MR) is 98.2 cm³/mol. The molecule has 3 rings (SSSR count). The zero-order valence-electron chi connectivity index (χ0n) is 14.8. The Morgan fingerprint density at radius 2 is 1.85 bits per heavy atom. The van der Waals surface area contributed by atoms with E-state index in [2.05, 4.69) is 25.6 Å². The second kappa shape index (κ2) is 8.03. The molecule has 0 bridgehead atoms. The third-order valence-electron chi connectivity index (χ3n) is 3.97. The molecule has 140 valence electrons. The summed E-state index contributed by atoms with van der Waals surface area (Å²) in [6.45, 7) is 3.96. The van der Waals surface area contributed by atoms with Crippen LogP contribution in [0.3, 0.4) is 0 Å². The van der Waals surface area contributed by atoms with Gasteiger partial charge in [-0.15, -0.1) is 0 Å². The van der Waals surface area contributed by atoms with Gasteiger partial charge in [0.2, 0.25) is 5.95 Å². The average molecular weight is 373 g/mol. The van der Waals surface area contributed by atoms with Crippen molar-refractivity contribution in [2.24, 2.45) is 0 Å². The molecule has 0 radical (unpaired) electrons. The summed E-state index contributed by atoms with van der Waals surface area (Å²) >= 11 is 0. The van der Waals surface area contributed by atoms with Crippen molar-refractivity contribution in [1.82, 2.24) is 15.0 Å². The fourth-order valence-electron chi connectivity index (χ4n) is 2.33. The highest BCUT2D eigenvalue weighted by Crippen LogP contribution is 2.27. The first-order chi connectivity index (χ1) is 13.0. The van der Waals surface area contributed by atoms with E-state index in [1.165, 1.54) is 6.07 Å². The first-order valence-corrected chi connectivity index (χ1v) is 8.44. The van der Waals surface area contributed by atoms with Gasteiger partial charge < -0.3 is 10.6 Å². The van der Waals surface area contributed by atoms with Crippen LogP contribution in [0.2, 0.25) is 0 Å². The molecule has 1 aromatic carbocycles. The van der Waals surface area contributed by atoms with Crippen molar-refractivity contribution in [3.8, 4) is 11.3 Å². The van der Waals surface area contributed by atoms with Crippen LogP contribution in [0, 0.1) is 17.5 Å². The van der Waals surface area contributed by atoms with Crippen LogP contribution < -0.4 is 10.6 Å². The van der Waals surface area contributed by atoms with Crippen LogP contribution in [0.25, 0.3) is 11.3 Å². The van der Waals surface area contributed by atoms with E-state index in [9.17, 15) is 13.2 Å². The summed E-state index contributed by atoms with van der Waals surface area (Å²) in [4.78, 5) is 12.7. The van der Waals surface area contributed by atoms with Crippen LogP contribution in [0.4, 0.5) is 30.6 Å². The minimum absolute atomic E-state index is 0.0876. The molecule has 2 N–H and O–H groups in total. The maximum Gasteiger partial charge on any atom is 0.225 e. The summed E-state index contributed by atoms with van der Waals surface area (Å²) < 4.78 is 41.4. The standard InChI is InChI=1S/C19H18F3N5/c1-3-11(2)24-19-25-15(12-5-4-8-23-10-12)9-16(27-19)26-18-14(21)7-6-13(20)17(18)22/h4-11H,3H2,1-2H3,(H2,24,25,26,27)/t11-/m0/s1. The Morgan fingerprint density at radius 1 is 1.07 bits per heavy atom. The quantitative estimate of drug-likeness (QED) is 0.601. The molecule has 0 unspecified atom stereocenters. The topological polar surface area (TPSA) is 62.7 Å². The lowest BCUT2D eigenvalue weighted by molar-refractivity contribution is 0.499. The molecule has 2 aromatic heterocycles. The number of aromatic nitrogens is 3. The van der Waals surface area contributed by atoms with E-state index in [0.29, 0.717) is 11.3 Å². The van der Waals surface area contributed by atoms with Crippen LogP contribution in [-0.2, 0) is 0 Å². The van der Waals surface area contributed by atoms with E-state index < -0.39 is 23.1 Å². The highest BCUT2D eigenvalue weighted by atomic mass is 19.2. The lowest BCUT2D eigenvalue weighted by Crippen LogP contribution is -2.16. The molecule has 8 heteroatoms. The van der Waals surface area contributed by atoms with Crippen LogP contribution >= 0.6 is 0 Å². The Kier molecular flexibility index (Phi) is 5.54. The van der Waals surface area contributed by atoms with Crippen LogP contribution in [0.1, 0.15) is 20.3 Å². The summed E-state index contributed by atoms with van der Waals surface area (Å²) in [5.41, 5.74) is 0.597. The van der Waals surface area contributed by atoms with E-state index in [0.717, 1.165) is 18.6 Å². The summed E-state index contributed by atoms with van der Waals surface area (Å²) in [5.74, 6) is -2.98. The summed E-state index contributed by atoms with van der Waals surface area (Å²) in [6, 6.07) is 6.73. The number of hydrogen-bond acceptors (Lipinski definition) is 5. The van der Waals surface area contributed by atoms with Gasteiger partial charge in [0.1, 0.15) is 17.3 Å². The molecule has 0 aliphatic carbocycles. The van der Waals surface area contributed by atoms with E-state index in [-0.39, 0.29) is 17.8 Å². The number of pyridine rings is 1. The molecule has 0 spiro atoms. The molecule has 0 fully saturated rings. The van der Waals surface area contributed by atoms with Crippen molar-refractivity contribution in [2.75, 3.05) is 10.6 Å². The van der Waals surface area contributed by atoms with E-state index >= 15 is 0 Å². The van der Waals surface area contributed by atoms with Crippen LogP contribution in [0.15, 0.2) is 42.7 Å². The van der Waals surface area contributed by atoms with Crippen molar-refractivity contribution in [3.63, 3.8) is 0 Å². The lowest BCUT2D eigenvalue weighted by atomic mass is 10.2. The van der Waals surface area contributed by atoms with Gasteiger partial charge in [0.15, 0.2) is 11.6 Å².